The predicted octanol–water partition coefficient (Wildman–Crippen LogP) is 2.62. The molecule has 0 aromatic heterocycles. The molecule has 2 fully saturated rings. The summed E-state index contributed by atoms with van der Waals surface area (Å²) < 4.78 is 5.41. The van der Waals surface area contributed by atoms with Crippen LogP contribution in [0.5, 0.6) is 0 Å². The second kappa shape index (κ2) is 14.2. The van der Waals surface area contributed by atoms with E-state index in [1.807, 2.05) is 11.8 Å². The van der Waals surface area contributed by atoms with Gasteiger partial charge in [-0.05, 0) is 18.9 Å². The minimum atomic E-state index is -0.902. The van der Waals surface area contributed by atoms with Crippen LogP contribution in [-0.2, 0) is 14.3 Å². The van der Waals surface area contributed by atoms with Crippen LogP contribution in [0.25, 0.3) is 0 Å². The zero-order valence-electron chi connectivity index (χ0n) is 19.7. The highest BCUT2D eigenvalue weighted by molar-refractivity contribution is 8.00. The molecule has 14 heteroatoms. The first-order chi connectivity index (χ1) is 17.7. The van der Waals surface area contributed by atoms with Crippen LogP contribution >= 0.6 is 46.6 Å². The summed E-state index contributed by atoms with van der Waals surface area (Å²) >= 11 is 20.0. The molecule has 0 bridgehead atoms. The molecule has 0 radical (unpaired) electrons. The van der Waals surface area contributed by atoms with E-state index in [1.165, 1.54) is 0 Å². The molecule has 4 amide bonds. The van der Waals surface area contributed by atoms with Crippen molar-refractivity contribution in [2.45, 2.75) is 43.0 Å². The van der Waals surface area contributed by atoms with Crippen molar-refractivity contribution in [2.75, 3.05) is 32.1 Å². The van der Waals surface area contributed by atoms with Crippen LogP contribution in [0.3, 0.4) is 0 Å². The van der Waals surface area contributed by atoms with Gasteiger partial charge in [0.15, 0.2) is 6.29 Å². The Bertz CT molecular complexity index is 1060. The normalized spacial score (nSPS) is 20.1. The van der Waals surface area contributed by atoms with Gasteiger partial charge in [0.25, 0.3) is 5.91 Å². The molecule has 10 nitrogen and oxygen atoms in total. The highest BCUT2D eigenvalue weighted by Crippen LogP contribution is 2.35. The van der Waals surface area contributed by atoms with Gasteiger partial charge in [0, 0.05) is 36.1 Å². The number of unbranched alkanes of at least 4 members (excludes halogenated alkanes) is 1. The van der Waals surface area contributed by atoms with E-state index < -0.39 is 11.7 Å². The highest BCUT2D eigenvalue weighted by atomic mass is 35.5. The smallest absolute Gasteiger partial charge is 0.315 e. The number of hydrogen-bond donors (Lipinski definition) is 4. The van der Waals surface area contributed by atoms with E-state index >= 15 is 0 Å². The van der Waals surface area contributed by atoms with Gasteiger partial charge in [0.05, 0.1) is 45.9 Å². The van der Waals surface area contributed by atoms with Crippen molar-refractivity contribution < 1.29 is 28.7 Å². The molecule has 0 saturated carbocycles. The lowest BCUT2D eigenvalue weighted by molar-refractivity contribution is -0.121. The first-order valence-corrected chi connectivity index (χ1v) is 13.9. The predicted molar refractivity (Wildman–Crippen MR) is 142 cm³/mol. The highest BCUT2D eigenvalue weighted by Gasteiger charge is 2.42. The molecular weight excluding hydrogens is 567 g/mol. The molecule has 3 unspecified atom stereocenters. The maximum absolute atomic E-state index is 12.4. The van der Waals surface area contributed by atoms with Gasteiger partial charge < -0.3 is 26.0 Å². The summed E-state index contributed by atoms with van der Waals surface area (Å²) in [7, 11) is 0. The number of ketones is 1. The topological polar surface area (TPSA) is 143 Å². The number of benzene rings is 1. The Morgan fingerprint density at radius 2 is 1.81 bits per heavy atom. The lowest BCUT2D eigenvalue weighted by Gasteiger charge is -2.16. The summed E-state index contributed by atoms with van der Waals surface area (Å²) in [6, 6.07) is 1.42. The Morgan fingerprint density at radius 3 is 2.54 bits per heavy atom. The Kier molecular flexibility index (Phi) is 11.3. The van der Waals surface area contributed by atoms with Crippen LogP contribution in [0, 0.1) is 0 Å². The zero-order chi connectivity index (χ0) is 26.9. The van der Waals surface area contributed by atoms with E-state index in [0.717, 1.165) is 31.1 Å². The van der Waals surface area contributed by atoms with Crippen LogP contribution in [-0.4, -0.2) is 79.3 Å². The number of nitrogens with one attached hydrogen (secondary N) is 4. The molecule has 2 saturated heterocycles. The summed E-state index contributed by atoms with van der Waals surface area (Å²) in [4.78, 5) is 58.1. The average molecular weight is 594 g/mol. The Labute approximate surface area is 233 Å². The lowest BCUT2D eigenvalue weighted by atomic mass is 10.0. The average Bonchev–Trinajstić information content (AvgIpc) is 3.42. The van der Waals surface area contributed by atoms with Crippen molar-refractivity contribution in [3.8, 4) is 0 Å². The molecule has 3 atom stereocenters. The number of Topliss-reactive ketones (excluding diaryl/α,β-unsaturated/α-hetero) is 1. The van der Waals surface area contributed by atoms with E-state index in [4.69, 9.17) is 39.5 Å². The molecule has 2 aliphatic rings. The van der Waals surface area contributed by atoms with Crippen molar-refractivity contribution >= 4 is 76.5 Å². The van der Waals surface area contributed by atoms with Gasteiger partial charge in [-0.15, -0.1) is 0 Å². The number of rotatable bonds is 14. The van der Waals surface area contributed by atoms with Crippen LogP contribution in [0.1, 0.15) is 46.4 Å². The zero-order valence-corrected chi connectivity index (χ0v) is 22.8. The largest absolute Gasteiger partial charge is 0.378 e. The van der Waals surface area contributed by atoms with Crippen molar-refractivity contribution in [3.63, 3.8) is 0 Å². The Balaban J connectivity index is 1.25. The van der Waals surface area contributed by atoms with Gasteiger partial charge in [0.2, 0.25) is 11.7 Å². The number of fused-ring (bicyclic) bond motifs is 1. The summed E-state index contributed by atoms with van der Waals surface area (Å²) in [6.07, 6.45) is 3.14. The minimum absolute atomic E-state index is 0.0534. The second-order valence-corrected chi connectivity index (χ2v) is 10.9. The number of hydrogen-bond acceptors (Lipinski definition) is 7. The van der Waals surface area contributed by atoms with Gasteiger partial charge in [-0.25, -0.2) is 4.79 Å². The van der Waals surface area contributed by atoms with Crippen molar-refractivity contribution in [1.82, 2.24) is 21.3 Å². The number of amides is 4. The molecular formula is C23H27Cl3N4O6S. The maximum Gasteiger partial charge on any atom is 0.315 e. The number of urea groups is 1. The molecule has 0 spiro atoms. The van der Waals surface area contributed by atoms with Crippen LogP contribution < -0.4 is 21.3 Å². The van der Waals surface area contributed by atoms with Gasteiger partial charge in [-0.3, -0.25) is 19.2 Å². The van der Waals surface area contributed by atoms with Crippen LogP contribution in [0.15, 0.2) is 6.07 Å². The lowest BCUT2D eigenvalue weighted by Crippen LogP contribution is -2.36. The number of thioether (sulfide) groups is 1. The number of carbonyl (C=O) groups is 5. The van der Waals surface area contributed by atoms with Crippen LogP contribution in [0.4, 0.5) is 4.79 Å². The third kappa shape index (κ3) is 7.97. The molecule has 3 rings (SSSR count). The van der Waals surface area contributed by atoms with Gasteiger partial charge in [-0.2, -0.15) is 11.8 Å². The number of aldehydes is 1. The van der Waals surface area contributed by atoms with E-state index in [2.05, 4.69) is 21.3 Å². The van der Waals surface area contributed by atoms with E-state index in [-0.39, 0.29) is 76.3 Å². The molecule has 2 aliphatic heterocycles. The van der Waals surface area contributed by atoms with Crippen LogP contribution in [0.2, 0.25) is 15.1 Å². The summed E-state index contributed by atoms with van der Waals surface area (Å²) in [5.41, 5.74) is -0.296. The molecule has 2 heterocycles. The van der Waals surface area contributed by atoms with E-state index in [9.17, 15) is 24.0 Å². The third-order valence-corrected chi connectivity index (χ3v) is 8.61. The fourth-order valence-corrected chi connectivity index (χ4v) is 6.51. The van der Waals surface area contributed by atoms with Crippen molar-refractivity contribution in [2.24, 2.45) is 0 Å². The molecule has 37 heavy (non-hydrogen) atoms. The number of halogens is 3. The number of carbonyl (C=O) groups excluding carboxylic acids is 5. The summed E-state index contributed by atoms with van der Waals surface area (Å²) in [5.74, 6) is -0.647. The van der Waals surface area contributed by atoms with Crippen molar-refractivity contribution in [3.05, 3.63) is 32.3 Å². The molecule has 0 aliphatic carbocycles. The minimum Gasteiger partial charge on any atom is -0.378 e. The standard InChI is InChI=1S/C23H27Cl3N4O6S/c24-13-9-12(15(32)10-31)19(25)20(26)18(13)22(34)28-6-8-36-7-5-27-17(33)4-2-1-3-16-21-14(11-37-16)29-23(35)30-21/h9-10,14,16,21H,1-8,11H2,(H,27,33)(H,28,34)(H2,29,30,35). The Hall–Kier alpha value is -2.05. The van der Waals surface area contributed by atoms with Gasteiger partial charge in [0.1, 0.15) is 0 Å². The quantitative estimate of drug-likeness (QED) is 0.0649. The molecule has 1 aromatic carbocycles. The maximum atomic E-state index is 12.4. The first-order valence-electron chi connectivity index (χ1n) is 11.7. The van der Waals surface area contributed by atoms with Gasteiger partial charge in [-0.1, -0.05) is 41.2 Å². The van der Waals surface area contributed by atoms with Gasteiger partial charge >= 0.3 is 6.03 Å². The second-order valence-electron chi connectivity index (χ2n) is 8.48. The third-order valence-electron chi connectivity index (χ3n) is 5.94. The van der Waals surface area contributed by atoms with Crippen molar-refractivity contribution in [1.29, 1.82) is 0 Å². The SMILES string of the molecule is O=CC(=O)c1cc(Cl)c(C(=O)NCCOCCNC(=O)CCCCC2SCC3NC(=O)NC32)c(Cl)c1Cl. The first kappa shape index (κ1) is 29.5. The molecule has 1 aromatic rings. The van der Waals surface area contributed by atoms with E-state index in [1.54, 1.807) is 0 Å². The monoisotopic (exact) mass is 592 g/mol. The number of ether oxygens (including phenoxy) is 1. The summed E-state index contributed by atoms with van der Waals surface area (Å²) in [6.45, 7) is 0.931. The Morgan fingerprint density at radius 1 is 1.08 bits per heavy atom. The fraction of sp³-hybridized carbons (Fsp3) is 0.522. The molecule has 4 N–H and O–H groups in total. The molecule has 202 valence electrons. The summed E-state index contributed by atoms with van der Waals surface area (Å²) in [5, 5.41) is 11.1. The fourth-order valence-electron chi connectivity index (χ4n) is 4.10. The van der Waals surface area contributed by atoms with E-state index in [0.29, 0.717) is 18.2 Å².